The van der Waals surface area contributed by atoms with Gasteiger partial charge in [0.25, 0.3) is 0 Å². The summed E-state index contributed by atoms with van der Waals surface area (Å²) < 4.78 is 13.4. The van der Waals surface area contributed by atoms with Gasteiger partial charge in [-0.2, -0.15) is 0 Å². The number of likely N-dealkylation sites (N-methyl/N-ethyl adjacent to an activating group) is 1. The lowest BCUT2D eigenvalue weighted by Gasteiger charge is -2.16. The first-order valence-electron chi connectivity index (χ1n) is 7.44. The van der Waals surface area contributed by atoms with Crippen LogP contribution in [0.15, 0.2) is 42.7 Å². The van der Waals surface area contributed by atoms with Gasteiger partial charge in [0, 0.05) is 30.3 Å². The molecule has 0 aliphatic carbocycles. The van der Waals surface area contributed by atoms with Crippen molar-refractivity contribution in [1.82, 2.24) is 14.9 Å². The number of aromatic amines is 1. The molecule has 5 heteroatoms. The quantitative estimate of drug-likeness (QED) is 0.804. The van der Waals surface area contributed by atoms with Gasteiger partial charge in [-0.05, 0) is 42.3 Å². The predicted molar refractivity (Wildman–Crippen MR) is 87.4 cm³/mol. The van der Waals surface area contributed by atoms with Gasteiger partial charge in [0.2, 0.25) is 5.91 Å². The molecule has 0 unspecified atom stereocenters. The summed E-state index contributed by atoms with van der Waals surface area (Å²) in [5, 5.41) is 0.750. The Kier molecular flexibility index (Phi) is 4.10. The van der Waals surface area contributed by atoms with Gasteiger partial charge in [0.15, 0.2) is 0 Å². The minimum Gasteiger partial charge on any atom is -0.361 e. The van der Waals surface area contributed by atoms with Gasteiger partial charge in [0.05, 0.1) is 18.7 Å². The third-order valence-electron chi connectivity index (χ3n) is 3.87. The van der Waals surface area contributed by atoms with E-state index in [1.807, 2.05) is 19.1 Å². The van der Waals surface area contributed by atoms with E-state index in [2.05, 4.69) is 9.97 Å². The van der Waals surface area contributed by atoms with E-state index in [1.165, 1.54) is 12.1 Å². The van der Waals surface area contributed by atoms with E-state index >= 15 is 0 Å². The number of nitrogens with zero attached hydrogens (tertiary/aromatic N) is 2. The second-order valence-electron chi connectivity index (χ2n) is 5.76. The van der Waals surface area contributed by atoms with Crippen LogP contribution in [0.25, 0.3) is 10.9 Å². The molecule has 4 nitrogen and oxygen atoms in total. The minimum atomic E-state index is -0.303. The van der Waals surface area contributed by atoms with Crippen molar-refractivity contribution in [2.75, 3.05) is 7.05 Å². The van der Waals surface area contributed by atoms with Crippen molar-refractivity contribution in [3.05, 3.63) is 65.4 Å². The SMILES string of the molecule is Cc1ccc(CN(C)C(=O)Cc2c[nH]c3ccc(F)cc23)nc1. The number of carbonyl (C=O) groups excluding carboxylic acids is 1. The molecule has 0 saturated heterocycles. The lowest BCUT2D eigenvalue weighted by molar-refractivity contribution is -0.129. The number of benzene rings is 1. The highest BCUT2D eigenvalue weighted by Gasteiger charge is 2.14. The Hall–Kier alpha value is -2.69. The molecular weight excluding hydrogens is 293 g/mol. The summed E-state index contributed by atoms with van der Waals surface area (Å²) in [6, 6.07) is 8.43. The number of halogens is 1. The molecule has 3 rings (SSSR count). The lowest BCUT2D eigenvalue weighted by Crippen LogP contribution is -2.28. The van der Waals surface area contributed by atoms with E-state index in [-0.39, 0.29) is 18.1 Å². The fourth-order valence-electron chi connectivity index (χ4n) is 2.52. The van der Waals surface area contributed by atoms with E-state index in [9.17, 15) is 9.18 Å². The van der Waals surface area contributed by atoms with Gasteiger partial charge in [0.1, 0.15) is 5.82 Å². The van der Waals surface area contributed by atoms with Gasteiger partial charge in [-0.1, -0.05) is 6.07 Å². The van der Waals surface area contributed by atoms with Crippen LogP contribution in [-0.4, -0.2) is 27.8 Å². The van der Waals surface area contributed by atoms with Crippen molar-refractivity contribution in [1.29, 1.82) is 0 Å². The average molecular weight is 311 g/mol. The maximum atomic E-state index is 13.4. The first-order valence-corrected chi connectivity index (χ1v) is 7.44. The summed E-state index contributed by atoms with van der Waals surface area (Å²) >= 11 is 0. The van der Waals surface area contributed by atoms with Crippen LogP contribution in [0.4, 0.5) is 4.39 Å². The summed E-state index contributed by atoms with van der Waals surface area (Å²) in [5.74, 6) is -0.333. The average Bonchev–Trinajstić information content (AvgIpc) is 2.91. The van der Waals surface area contributed by atoms with Crippen molar-refractivity contribution in [2.24, 2.45) is 0 Å². The summed E-state index contributed by atoms with van der Waals surface area (Å²) in [7, 11) is 1.75. The number of amides is 1. The first-order chi connectivity index (χ1) is 11.0. The highest BCUT2D eigenvalue weighted by molar-refractivity contribution is 5.88. The minimum absolute atomic E-state index is 0.0301. The van der Waals surface area contributed by atoms with E-state index in [4.69, 9.17) is 0 Å². The Balaban J connectivity index is 1.72. The molecule has 0 fully saturated rings. The second-order valence-corrected chi connectivity index (χ2v) is 5.76. The van der Waals surface area contributed by atoms with E-state index in [0.29, 0.717) is 6.54 Å². The Morgan fingerprint density at radius 2 is 2.13 bits per heavy atom. The van der Waals surface area contributed by atoms with Crippen molar-refractivity contribution in [2.45, 2.75) is 19.9 Å². The Morgan fingerprint density at radius 1 is 1.30 bits per heavy atom. The third kappa shape index (κ3) is 3.39. The van der Waals surface area contributed by atoms with Gasteiger partial charge in [-0.3, -0.25) is 9.78 Å². The van der Waals surface area contributed by atoms with Crippen LogP contribution in [-0.2, 0) is 17.8 Å². The van der Waals surface area contributed by atoms with Crippen LogP contribution in [0.1, 0.15) is 16.8 Å². The van der Waals surface area contributed by atoms with Gasteiger partial charge < -0.3 is 9.88 Å². The molecule has 118 valence electrons. The molecule has 23 heavy (non-hydrogen) atoms. The zero-order valence-corrected chi connectivity index (χ0v) is 13.1. The van der Waals surface area contributed by atoms with Crippen molar-refractivity contribution < 1.29 is 9.18 Å². The number of pyridine rings is 1. The number of nitrogens with one attached hydrogen (secondary N) is 1. The number of aryl methyl sites for hydroxylation is 1. The van der Waals surface area contributed by atoms with Gasteiger partial charge in [-0.25, -0.2) is 4.39 Å². The van der Waals surface area contributed by atoms with Crippen molar-refractivity contribution in [3.8, 4) is 0 Å². The summed E-state index contributed by atoms with van der Waals surface area (Å²) in [4.78, 5) is 21.4. The maximum Gasteiger partial charge on any atom is 0.227 e. The third-order valence-corrected chi connectivity index (χ3v) is 3.87. The normalized spacial score (nSPS) is 10.9. The van der Waals surface area contributed by atoms with E-state index in [1.54, 1.807) is 30.4 Å². The topological polar surface area (TPSA) is 49.0 Å². The van der Waals surface area contributed by atoms with Crippen LogP contribution >= 0.6 is 0 Å². The molecule has 0 spiro atoms. The smallest absolute Gasteiger partial charge is 0.227 e. The maximum absolute atomic E-state index is 13.4. The number of carbonyl (C=O) groups is 1. The summed E-state index contributed by atoms with van der Waals surface area (Å²) in [6.07, 6.45) is 3.78. The number of fused-ring (bicyclic) bond motifs is 1. The molecule has 0 atom stereocenters. The molecule has 2 heterocycles. The molecule has 0 aliphatic heterocycles. The molecular formula is C18H18FN3O. The number of hydrogen-bond donors (Lipinski definition) is 1. The molecule has 0 saturated carbocycles. The van der Waals surface area contributed by atoms with Crippen LogP contribution in [0.2, 0.25) is 0 Å². The van der Waals surface area contributed by atoms with Crippen LogP contribution in [0.3, 0.4) is 0 Å². The number of rotatable bonds is 4. The molecule has 1 aromatic carbocycles. The Bertz CT molecular complexity index is 839. The second kappa shape index (κ2) is 6.20. The zero-order chi connectivity index (χ0) is 16.4. The van der Waals surface area contributed by atoms with Crippen molar-refractivity contribution in [3.63, 3.8) is 0 Å². The largest absolute Gasteiger partial charge is 0.361 e. The fraction of sp³-hybridized carbons (Fsp3) is 0.222. The van der Waals surface area contributed by atoms with Crippen LogP contribution in [0, 0.1) is 12.7 Å². The summed E-state index contributed by atoms with van der Waals surface area (Å²) in [6.45, 7) is 2.43. The lowest BCUT2D eigenvalue weighted by atomic mass is 10.1. The number of H-pyrrole nitrogens is 1. The standard InChI is InChI=1S/C18H18FN3O/c1-12-3-5-15(20-9-12)11-22(2)18(23)7-13-10-21-17-6-4-14(19)8-16(13)17/h3-6,8-10,21H,7,11H2,1-2H3. The highest BCUT2D eigenvalue weighted by atomic mass is 19.1. The molecule has 1 N–H and O–H groups in total. The van der Waals surface area contributed by atoms with E-state index < -0.39 is 0 Å². The molecule has 2 aromatic heterocycles. The molecule has 0 aliphatic rings. The zero-order valence-electron chi connectivity index (χ0n) is 13.1. The van der Waals surface area contributed by atoms with Crippen molar-refractivity contribution >= 4 is 16.8 Å². The van der Waals surface area contributed by atoms with Crippen LogP contribution < -0.4 is 0 Å². The highest BCUT2D eigenvalue weighted by Crippen LogP contribution is 2.20. The number of hydrogen-bond acceptors (Lipinski definition) is 2. The molecule has 0 bridgehead atoms. The fourth-order valence-corrected chi connectivity index (χ4v) is 2.52. The van der Waals surface area contributed by atoms with E-state index in [0.717, 1.165) is 27.7 Å². The molecule has 3 aromatic rings. The Morgan fingerprint density at radius 3 is 2.87 bits per heavy atom. The Labute approximate surface area is 134 Å². The van der Waals surface area contributed by atoms with Gasteiger partial charge >= 0.3 is 0 Å². The number of aromatic nitrogens is 2. The predicted octanol–water partition coefficient (Wildman–Crippen LogP) is 3.21. The summed E-state index contributed by atoms with van der Waals surface area (Å²) in [5.41, 5.74) is 3.56. The van der Waals surface area contributed by atoms with Gasteiger partial charge in [-0.15, -0.1) is 0 Å². The molecule has 1 amide bonds. The van der Waals surface area contributed by atoms with Crippen LogP contribution in [0.5, 0.6) is 0 Å². The first kappa shape index (κ1) is 15.2. The molecule has 0 radical (unpaired) electrons. The monoisotopic (exact) mass is 311 g/mol.